The molecule has 3 rings (SSSR count). The summed E-state index contributed by atoms with van der Waals surface area (Å²) in [4.78, 5) is 2.16. The standard InChI is InChI=1S/C13H13ClF3N/c14-11-3-4-18-7-9(11)5-8-6-10(13(15,16)17)1-2-12(8)18/h1-2,6,9,11H,3-5,7H2/t9-,11+/m0/s1. The predicted molar refractivity (Wildman–Crippen MR) is 65.1 cm³/mol. The first-order chi connectivity index (χ1) is 8.45. The van der Waals surface area contributed by atoms with Crippen molar-refractivity contribution in [3.63, 3.8) is 0 Å². The van der Waals surface area contributed by atoms with E-state index in [1.165, 1.54) is 12.1 Å². The highest BCUT2D eigenvalue weighted by atomic mass is 35.5. The van der Waals surface area contributed by atoms with Crippen LogP contribution in [0.2, 0.25) is 0 Å². The number of hydrogen-bond acceptors (Lipinski definition) is 1. The van der Waals surface area contributed by atoms with Crippen molar-refractivity contribution >= 4 is 17.3 Å². The van der Waals surface area contributed by atoms with Crippen LogP contribution in [-0.2, 0) is 12.6 Å². The third-order valence-corrected chi connectivity index (χ3v) is 4.45. The van der Waals surface area contributed by atoms with Gasteiger partial charge in [0.15, 0.2) is 0 Å². The molecule has 1 aromatic carbocycles. The summed E-state index contributed by atoms with van der Waals surface area (Å²) in [5.74, 6) is 0.274. The molecule has 2 heterocycles. The van der Waals surface area contributed by atoms with E-state index in [0.717, 1.165) is 30.8 Å². The first kappa shape index (κ1) is 12.2. The third-order valence-electron chi connectivity index (χ3n) is 3.87. The molecule has 0 spiro atoms. The van der Waals surface area contributed by atoms with E-state index in [-0.39, 0.29) is 11.3 Å². The minimum absolute atomic E-state index is 0.0870. The van der Waals surface area contributed by atoms with Gasteiger partial charge in [-0.1, -0.05) is 0 Å². The van der Waals surface area contributed by atoms with E-state index < -0.39 is 11.7 Å². The van der Waals surface area contributed by atoms with Crippen molar-refractivity contribution in [3.8, 4) is 0 Å². The predicted octanol–water partition coefficient (Wildman–Crippen LogP) is 3.70. The van der Waals surface area contributed by atoms with Gasteiger partial charge in [-0.2, -0.15) is 13.2 Å². The number of fused-ring (bicyclic) bond motifs is 4. The molecule has 2 bridgehead atoms. The first-order valence-electron chi connectivity index (χ1n) is 6.04. The van der Waals surface area contributed by atoms with Gasteiger partial charge in [0.25, 0.3) is 0 Å². The van der Waals surface area contributed by atoms with Gasteiger partial charge in [-0.3, -0.25) is 0 Å². The number of benzene rings is 1. The lowest BCUT2D eigenvalue weighted by molar-refractivity contribution is -0.137. The number of rotatable bonds is 0. The molecule has 18 heavy (non-hydrogen) atoms. The van der Waals surface area contributed by atoms with E-state index in [9.17, 15) is 13.2 Å². The van der Waals surface area contributed by atoms with Crippen LogP contribution < -0.4 is 4.90 Å². The van der Waals surface area contributed by atoms with Crippen LogP contribution in [-0.4, -0.2) is 18.5 Å². The van der Waals surface area contributed by atoms with Gasteiger partial charge >= 0.3 is 6.18 Å². The van der Waals surface area contributed by atoms with Crippen LogP contribution in [0, 0.1) is 5.92 Å². The molecule has 0 unspecified atom stereocenters. The van der Waals surface area contributed by atoms with Gasteiger partial charge in [-0.15, -0.1) is 11.6 Å². The zero-order chi connectivity index (χ0) is 12.9. The van der Waals surface area contributed by atoms with Crippen LogP contribution in [0.25, 0.3) is 0 Å². The molecule has 0 saturated carbocycles. The van der Waals surface area contributed by atoms with Crippen molar-refractivity contribution < 1.29 is 13.2 Å². The van der Waals surface area contributed by atoms with E-state index in [1.807, 2.05) is 0 Å². The Morgan fingerprint density at radius 3 is 2.78 bits per heavy atom. The van der Waals surface area contributed by atoms with Crippen LogP contribution in [0.3, 0.4) is 0 Å². The van der Waals surface area contributed by atoms with Gasteiger partial charge < -0.3 is 4.90 Å². The molecular weight excluding hydrogens is 263 g/mol. The van der Waals surface area contributed by atoms with Crippen LogP contribution in [0.1, 0.15) is 17.5 Å². The van der Waals surface area contributed by atoms with Crippen molar-refractivity contribution in [3.05, 3.63) is 29.3 Å². The van der Waals surface area contributed by atoms with Gasteiger partial charge in [-0.25, -0.2) is 0 Å². The molecule has 0 aliphatic carbocycles. The third kappa shape index (κ3) is 1.96. The fourth-order valence-electron chi connectivity index (χ4n) is 2.93. The molecule has 1 fully saturated rings. The molecule has 0 radical (unpaired) electrons. The normalized spacial score (nSPS) is 27.0. The van der Waals surface area contributed by atoms with Gasteiger partial charge in [0, 0.05) is 24.2 Å². The van der Waals surface area contributed by atoms with Crippen molar-refractivity contribution in [2.24, 2.45) is 5.92 Å². The van der Waals surface area contributed by atoms with Crippen molar-refractivity contribution in [1.29, 1.82) is 0 Å². The summed E-state index contributed by atoms with van der Waals surface area (Å²) >= 11 is 6.23. The second kappa shape index (κ2) is 4.05. The molecule has 1 nitrogen and oxygen atoms in total. The molecule has 2 aliphatic rings. The Labute approximate surface area is 109 Å². The Morgan fingerprint density at radius 1 is 1.28 bits per heavy atom. The molecule has 2 aliphatic heterocycles. The van der Waals surface area contributed by atoms with Crippen molar-refractivity contribution in [1.82, 2.24) is 0 Å². The Morgan fingerprint density at radius 2 is 2.06 bits per heavy atom. The van der Waals surface area contributed by atoms with Crippen LogP contribution in [0.15, 0.2) is 18.2 Å². The minimum Gasteiger partial charge on any atom is -0.371 e. The molecule has 0 N–H and O–H groups in total. The molecular formula is C13H13ClF3N. The summed E-state index contributed by atoms with van der Waals surface area (Å²) in [6, 6.07) is 4.05. The second-order valence-corrected chi connectivity index (χ2v) is 5.62. The highest BCUT2D eigenvalue weighted by Crippen LogP contribution is 2.40. The van der Waals surface area contributed by atoms with Crippen molar-refractivity contribution in [2.75, 3.05) is 18.0 Å². The summed E-state index contributed by atoms with van der Waals surface area (Å²) in [6.45, 7) is 1.70. The van der Waals surface area contributed by atoms with Gasteiger partial charge in [0.2, 0.25) is 0 Å². The zero-order valence-electron chi connectivity index (χ0n) is 9.67. The van der Waals surface area contributed by atoms with Crippen LogP contribution in [0.5, 0.6) is 0 Å². The fourth-order valence-corrected chi connectivity index (χ4v) is 3.20. The number of hydrogen-bond donors (Lipinski definition) is 0. The Hall–Kier alpha value is -0.900. The quantitative estimate of drug-likeness (QED) is 0.653. The van der Waals surface area contributed by atoms with Crippen LogP contribution in [0.4, 0.5) is 18.9 Å². The molecule has 0 amide bonds. The highest BCUT2D eigenvalue weighted by molar-refractivity contribution is 6.21. The lowest BCUT2D eigenvalue weighted by Crippen LogP contribution is -2.45. The molecule has 0 aromatic heterocycles. The lowest BCUT2D eigenvalue weighted by Gasteiger charge is -2.43. The number of piperidine rings is 1. The first-order valence-corrected chi connectivity index (χ1v) is 6.48. The Kier molecular flexibility index (Phi) is 2.73. The smallest absolute Gasteiger partial charge is 0.371 e. The van der Waals surface area contributed by atoms with E-state index in [1.54, 1.807) is 6.07 Å². The van der Waals surface area contributed by atoms with E-state index in [0.29, 0.717) is 6.42 Å². The SMILES string of the molecule is FC(F)(F)c1ccc2c(c1)C[C@H]1CN2CC[C@H]1Cl. The Balaban J connectivity index is 2.00. The summed E-state index contributed by atoms with van der Waals surface area (Å²) in [5, 5.41) is 0.0870. The average Bonchev–Trinajstić information content (AvgIpc) is 2.32. The Bertz CT molecular complexity index is 472. The fraction of sp³-hybridized carbons (Fsp3) is 0.538. The maximum Gasteiger partial charge on any atom is 0.416 e. The average molecular weight is 276 g/mol. The number of nitrogens with zero attached hydrogens (tertiary/aromatic N) is 1. The van der Waals surface area contributed by atoms with E-state index in [4.69, 9.17) is 11.6 Å². The second-order valence-electron chi connectivity index (χ2n) is 5.06. The minimum atomic E-state index is -4.27. The molecule has 1 aromatic rings. The largest absolute Gasteiger partial charge is 0.416 e. The van der Waals surface area contributed by atoms with Gasteiger partial charge in [0.1, 0.15) is 0 Å². The molecule has 98 valence electrons. The molecule has 5 heteroatoms. The van der Waals surface area contributed by atoms with Gasteiger partial charge in [-0.05, 0) is 42.5 Å². The summed E-state index contributed by atoms with van der Waals surface area (Å²) in [7, 11) is 0. The maximum absolute atomic E-state index is 12.7. The molecule has 1 saturated heterocycles. The highest BCUT2D eigenvalue weighted by Gasteiger charge is 2.36. The van der Waals surface area contributed by atoms with Gasteiger partial charge in [0.05, 0.1) is 5.56 Å². The summed E-state index contributed by atoms with van der Waals surface area (Å²) < 4.78 is 38.1. The summed E-state index contributed by atoms with van der Waals surface area (Å²) in [5.41, 5.74) is 1.17. The van der Waals surface area contributed by atoms with E-state index in [2.05, 4.69) is 4.90 Å². The maximum atomic E-state index is 12.7. The van der Waals surface area contributed by atoms with E-state index >= 15 is 0 Å². The number of alkyl halides is 4. The monoisotopic (exact) mass is 275 g/mol. The zero-order valence-corrected chi connectivity index (χ0v) is 10.4. The summed E-state index contributed by atoms with van der Waals surface area (Å²) in [6.07, 6.45) is -2.70. The number of anilines is 1. The molecule has 2 atom stereocenters. The lowest BCUT2D eigenvalue weighted by atomic mass is 9.85. The van der Waals surface area contributed by atoms with Crippen molar-refractivity contribution in [2.45, 2.75) is 24.4 Å². The van der Waals surface area contributed by atoms with Crippen LogP contribution >= 0.6 is 11.6 Å². The topological polar surface area (TPSA) is 3.24 Å². The number of halogens is 4.